The molecule has 0 unspecified atom stereocenters. The largest absolute Gasteiger partial charge is 0.394 e. The maximum Gasteiger partial charge on any atom is 0.217 e. The van der Waals surface area contributed by atoms with Crippen molar-refractivity contribution in [1.29, 1.82) is 0 Å². The van der Waals surface area contributed by atoms with Crippen molar-refractivity contribution in [1.82, 2.24) is 16.0 Å². The number of aliphatic hydroxyl groups is 19. The smallest absolute Gasteiger partial charge is 0.217 e. The zero-order valence-corrected chi connectivity index (χ0v) is 46.5. The first-order valence-electron chi connectivity index (χ1n) is 27.5. The molecule has 7 fully saturated rings. The standard InChI is InChI=1S/C48H81N3O35/c1-11-24(60)30(66)33(69)45(75-11)85-40-23(51-14(4)59)43(74-10-20-28(64)39(22(42(73)76-20)50-13(3)58)84-47-35(71)32(68)26(62)16(6-53)78-47)80-19(9-56)38(40)83-48-36(72)41(27(63)17(7-54)79-48)86-44-21(49-12(2)57)29(65)37(18(8-55)81-44)82-46-34(70)31(67)25(61)15(5-52)77-46/h11,15-48,52-56,60-73H,5-10H2,1-4H3,(H,49,57)(H,50,58)(H,51,59)/t11-,15+,16+,17+,18+,19+,20+,21+,22+,23+,24+,25-,26-,27-,28-,29+,30+,31-,32-,33-,34+,35+,36+,37+,38+,39+,40+,41-,42+,43+,44-,45-,46-,47-,48-/m0/s1. The molecule has 0 aromatic rings. The van der Waals surface area contributed by atoms with Crippen molar-refractivity contribution in [2.24, 2.45) is 0 Å². The van der Waals surface area contributed by atoms with Crippen LogP contribution in [0, 0.1) is 0 Å². The lowest BCUT2D eigenvalue weighted by atomic mass is 9.93. The summed E-state index contributed by atoms with van der Waals surface area (Å²) < 4.78 is 76.2. The Bertz CT molecular complexity index is 2170. The Kier molecular flexibility index (Phi) is 25.0. The number of hydrogen-bond donors (Lipinski definition) is 22. The molecule has 7 saturated heterocycles. The fourth-order valence-corrected chi connectivity index (χ4v) is 11.0. The highest BCUT2D eigenvalue weighted by Gasteiger charge is 2.59. The van der Waals surface area contributed by atoms with E-state index in [1.54, 1.807) is 0 Å². The molecule has 0 spiro atoms. The maximum absolute atomic E-state index is 13.2. The van der Waals surface area contributed by atoms with Crippen molar-refractivity contribution in [2.75, 3.05) is 39.6 Å². The highest BCUT2D eigenvalue weighted by molar-refractivity contribution is 5.74. The van der Waals surface area contributed by atoms with Gasteiger partial charge in [0.1, 0.15) is 165 Å². The van der Waals surface area contributed by atoms with Crippen LogP contribution in [0.15, 0.2) is 0 Å². The highest BCUT2D eigenvalue weighted by Crippen LogP contribution is 2.38. The molecule has 0 aliphatic carbocycles. The molecule has 86 heavy (non-hydrogen) atoms. The summed E-state index contributed by atoms with van der Waals surface area (Å²) in [5, 5.41) is 213. The van der Waals surface area contributed by atoms with E-state index in [1.807, 2.05) is 0 Å². The molecule has 0 bridgehead atoms. The van der Waals surface area contributed by atoms with E-state index in [0.29, 0.717) is 0 Å². The Labute approximate surface area is 488 Å². The Hall–Kier alpha value is -2.87. The fourth-order valence-electron chi connectivity index (χ4n) is 11.0. The summed E-state index contributed by atoms with van der Waals surface area (Å²) in [6.07, 6.45) is -60.9. The van der Waals surface area contributed by atoms with Crippen molar-refractivity contribution in [3.05, 3.63) is 0 Å². The zero-order chi connectivity index (χ0) is 63.5. The lowest BCUT2D eigenvalue weighted by Crippen LogP contribution is -2.71. The molecule has 7 rings (SSSR count). The predicted molar refractivity (Wildman–Crippen MR) is 265 cm³/mol. The van der Waals surface area contributed by atoms with Crippen LogP contribution in [0.5, 0.6) is 0 Å². The molecule has 0 saturated carbocycles. The van der Waals surface area contributed by atoms with Gasteiger partial charge in [0.25, 0.3) is 0 Å². The minimum atomic E-state index is -2.31. The van der Waals surface area contributed by atoms with Gasteiger partial charge in [0.05, 0.1) is 45.7 Å². The molecule has 22 N–H and O–H groups in total. The molecule has 7 heterocycles. The first-order valence-corrected chi connectivity index (χ1v) is 27.5. The van der Waals surface area contributed by atoms with E-state index in [-0.39, 0.29) is 0 Å². The molecular formula is C48H81N3O35. The number of rotatable bonds is 21. The van der Waals surface area contributed by atoms with Gasteiger partial charge in [0, 0.05) is 20.8 Å². The second kappa shape index (κ2) is 30.5. The molecule has 0 aromatic heterocycles. The third-order valence-corrected chi connectivity index (χ3v) is 15.7. The average Bonchev–Trinajstić information content (AvgIpc) is 1.14. The summed E-state index contributed by atoms with van der Waals surface area (Å²) in [4.78, 5) is 38.1. The topological polar surface area (TPSA) is 592 Å². The molecule has 498 valence electrons. The maximum atomic E-state index is 13.2. The van der Waals surface area contributed by atoms with Gasteiger partial charge in [-0.25, -0.2) is 0 Å². The number of aliphatic hydroxyl groups excluding tert-OH is 19. The summed E-state index contributed by atoms with van der Waals surface area (Å²) in [6.45, 7) is -1.61. The molecule has 35 atom stereocenters. The van der Waals surface area contributed by atoms with Crippen LogP contribution < -0.4 is 16.0 Å². The van der Waals surface area contributed by atoms with E-state index in [4.69, 9.17) is 61.6 Å². The molecule has 0 radical (unpaired) electrons. The monoisotopic (exact) mass is 1260 g/mol. The lowest BCUT2D eigenvalue weighted by Gasteiger charge is -2.51. The van der Waals surface area contributed by atoms with Crippen molar-refractivity contribution >= 4 is 17.7 Å². The third-order valence-electron chi connectivity index (χ3n) is 15.7. The van der Waals surface area contributed by atoms with Crippen molar-refractivity contribution < 1.29 is 173 Å². The summed E-state index contributed by atoms with van der Waals surface area (Å²) in [6, 6.07) is -5.26. The minimum absolute atomic E-state index is 0.793. The quantitative estimate of drug-likeness (QED) is 0.0507. The van der Waals surface area contributed by atoms with Crippen molar-refractivity contribution in [2.45, 2.75) is 242 Å². The van der Waals surface area contributed by atoms with E-state index in [2.05, 4.69) is 16.0 Å². The normalized spacial score (nSPS) is 49.4. The number of amides is 3. The van der Waals surface area contributed by atoms with E-state index in [1.165, 1.54) is 6.92 Å². The summed E-state index contributed by atoms with van der Waals surface area (Å²) in [5.41, 5.74) is 0. The van der Waals surface area contributed by atoms with Gasteiger partial charge in [0.15, 0.2) is 44.0 Å². The van der Waals surface area contributed by atoms with E-state index in [9.17, 15) is 111 Å². The SMILES string of the molecule is CC(=O)N[C@@H]1[C@@H](O[C@@H]2O[C@H](CO)[C@H](O)[C@H](O)[C@H]2O)[C@@H](O)[C@@H](CO[C@@H]2O[C@H](CO)[C@@H](O[C@@H]3O[C@H](CO)[C@H](O)[C@H](O[C@@H]4O[C@H](CO)[C@@H](O[C@@H]5O[C@H](CO)[C@H](O)[C@H](O)[C@H]5O)[C@H](O)[C@H]4NC(C)=O)[C@H]3O)[C@H](O[C@@H]3O[C@@H](C)[C@@H](O)[C@@H](O)[C@@H]3O)[C@H]2NC(C)=O)O[C@H]1O. The molecule has 7 aliphatic rings. The van der Waals surface area contributed by atoms with Crippen LogP contribution in [-0.4, -0.2) is 369 Å². The molecular weight excluding hydrogens is 1180 g/mol. The zero-order valence-electron chi connectivity index (χ0n) is 46.5. The Balaban J connectivity index is 1.17. The van der Waals surface area contributed by atoms with Gasteiger partial charge in [-0.3, -0.25) is 14.4 Å². The Morgan fingerprint density at radius 1 is 0.326 bits per heavy atom. The van der Waals surface area contributed by atoms with Crippen molar-refractivity contribution in [3.8, 4) is 0 Å². The summed E-state index contributed by atoms with van der Waals surface area (Å²) in [7, 11) is 0. The molecule has 7 aliphatic heterocycles. The number of ether oxygens (including phenoxy) is 13. The number of carbonyl (C=O) groups is 3. The lowest BCUT2D eigenvalue weighted by molar-refractivity contribution is -0.388. The summed E-state index contributed by atoms with van der Waals surface area (Å²) >= 11 is 0. The first-order chi connectivity index (χ1) is 40.6. The van der Waals surface area contributed by atoms with E-state index < -0.39 is 272 Å². The van der Waals surface area contributed by atoms with Crippen LogP contribution in [-0.2, 0) is 76.0 Å². The number of hydrogen-bond acceptors (Lipinski definition) is 35. The van der Waals surface area contributed by atoms with Gasteiger partial charge in [-0.15, -0.1) is 0 Å². The van der Waals surface area contributed by atoms with Crippen LogP contribution in [0.2, 0.25) is 0 Å². The van der Waals surface area contributed by atoms with Gasteiger partial charge in [-0.05, 0) is 6.92 Å². The summed E-state index contributed by atoms with van der Waals surface area (Å²) in [5.74, 6) is -2.54. The van der Waals surface area contributed by atoms with Crippen LogP contribution in [0.1, 0.15) is 27.7 Å². The first kappa shape index (κ1) is 70.6. The van der Waals surface area contributed by atoms with E-state index >= 15 is 0 Å². The second-order valence-electron chi connectivity index (χ2n) is 21.8. The van der Waals surface area contributed by atoms with Gasteiger partial charge >= 0.3 is 0 Å². The number of nitrogens with one attached hydrogen (secondary N) is 3. The second-order valence-corrected chi connectivity index (χ2v) is 21.8. The molecule has 38 heteroatoms. The highest BCUT2D eigenvalue weighted by atomic mass is 16.8. The van der Waals surface area contributed by atoms with Crippen LogP contribution in [0.25, 0.3) is 0 Å². The minimum Gasteiger partial charge on any atom is -0.394 e. The third kappa shape index (κ3) is 15.4. The Morgan fingerprint density at radius 2 is 0.698 bits per heavy atom. The molecule has 38 nitrogen and oxygen atoms in total. The molecule has 0 aromatic carbocycles. The number of carbonyl (C=O) groups excluding carboxylic acids is 3. The van der Waals surface area contributed by atoms with Gasteiger partial charge < -0.3 is 175 Å². The van der Waals surface area contributed by atoms with E-state index in [0.717, 1.165) is 20.8 Å². The van der Waals surface area contributed by atoms with Crippen LogP contribution in [0.4, 0.5) is 0 Å². The van der Waals surface area contributed by atoms with Crippen LogP contribution in [0.3, 0.4) is 0 Å². The predicted octanol–water partition coefficient (Wildman–Crippen LogP) is -14.8. The van der Waals surface area contributed by atoms with Gasteiger partial charge in [-0.1, -0.05) is 0 Å². The molecule has 3 amide bonds. The average molecular weight is 1260 g/mol. The van der Waals surface area contributed by atoms with Crippen molar-refractivity contribution in [3.63, 3.8) is 0 Å². The van der Waals surface area contributed by atoms with Gasteiger partial charge in [0.2, 0.25) is 17.7 Å². The fraction of sp³-hybridized carbons (Fsp3) is 0.938. The van der Waals surface area contributed by atoms with Gasteiger partial charge in [-0.2, -0.15) is 0 Å². The Morgan fingerprint density at radius 3 is 1.21 bits per heavy atom. The van der Waals surface area contributed by atoms with Crippen LogP contribution >= 0.6 is 0 Å².